The fourth-order valence-electron chi connectivity index (χ4n) is 1.17. The molecule has 98 valence electrons. The van der Waals surface area contributed by atoms with Crippen molar-refractivity contribution >= 4 is 11.9 Å². The van der Waals surface area contributed by atoms with Crippen molar-refractivity contribution in [3.63, 3.8) is 0 Å². The molecule has 0 fully saturated rings. The Labute approximate surface area is 105 Å². The van der Waals surface area contributed by atoms with E-state index in [0.717, 1.165) is 5.75 Å². The zero-order chi connectivity index (χ0) is 13.4. The summed E-state index contributed by atoms with van der Waals surface area (Å²) in [6, 6.07) is 6.81. The number of aliphatic carboxylic acids is 1. The third kappa shape index (κ3) is 5.20. The Hall–Kier alpha value is -2.24. The van der Waals surface area contributed by atoms with E-state index in [9.17, 15) is 9.59 Å². The van der Waals surface area contributed by atoms with Crippen molar-refractivity contribution in [2.75, 3.05) is 19.8 Å². The average Bonchev–Trinajstić information content (AvgIpc) is 2.36. The van der Waals surface area contributed by atoms with Gasteiger partial charge in [0.1, 0.15) is 18.0 Å². The third-order valence-corrected chi connectivity index (χ3v) is 1.94. The first kappa shape index (κ1) is 13.8. The summed E-state index contributed by atoms with van der Waals surface area (Å²) in [4.78, 5) is 21.4. The van der Waals surface area contributed by atoms with Crippen molar-refractivity contribution in [2.24, 2.45) is 0 Å². The van der Waals surface area contributed by atoms with Gasteiger partial charge < -0.3 is 19.9 Å². The SMILES string of the molecule is CCOc1ccc(OCC(=O)NCC(=O)O)cc1. The third-order valence-electron chi connectivity index (χ3n) is 1.94. The number of amides is 1. The molecule has 0 heterocycles. The number of carbonyl (C=O) groups is 2. The van der Waals surface area contributed by atoms with Crippen LogP contribution in [0.25, 0.3) is 0 Å². The fourth-order valence-corrected chi connectivity index (χ4v) is 1.17. The van der Waals surface area contributed by atoms with Gasteiger partial charge in [-0.25, -0.2) is 0 Å². The van der Waals surface area contributed by atoms with E-state index in [2.05, 4.69) is 5.32 Å². The molecule has 6 nitrogen and oxygen atoms in total. The van der Waals surface area contributed by atoms with Gasteiger partial charge in [-0.15, -0.1) is 0 Å². The van der Waals surface area contributed by atoms with Gasteiger partial charge in [-0.3, -0.25) is 9.59 Å². The molecule has 0 saturated carbocycles. The second kappa shape index (κ2) is 7.16. The van der Waals surface area contributed by atoms with Crippen LogP contribution in [-0.2, 0) is 9.59 Å². The fraction of sp³-hybridized carbons (Fsp3) is 0.333. The monoisotopic (exact) mass is 253 g/mol. The first-order valence-corrected chi connectivity index (χ1v) is 5.46. The highest BCUT2D eigenvalue weighted by Crippen LogP contribution is 2.17. The molecule has 18 heavy (non-hydrogen) atoms. The van der Waals surface area contributed by atoms with Crippen LogP contribution in [-0.4, -0.2) is 36.7 Å². The Morgan fingerprint density at radius 3 is 2.22 bits per heavy atom. The van der Waals surface area contributed by atoms with Crippen molar-refractivity contribution in [1.29, 1.82) is 0 Å². The molecular formula is C12H15NO5. The lowest BCUT2D eigenvalue weighted by Gasteiger charge is -2.07. The van der Waals surface area contributed by atoms with Crippen LogP contribution >= 0.6 is 0 Å². The van der Waals surface area contributed by atoms with Gasteiger partial charge in [-0.2, -0.15) is 0 Å². The zero-order valence-electron chi connectivity index (χ0n) is 10.0. The average molecular weight is 253 g/mol. The molecule has 6 heteroatoms. The smallest absolute Gasteiger partial charge is 0.322 e. The molecule has 0 radical (unpaired) electrons. The summed E-state index contributed by atoms with van der Waals surface area (Å²) in [6.45, 7) is 1.84. The van der Waals surface area contributed by atoms with Crippen LogP contribution in [0, 0.1) is 0 Å². The summed E-state index contributed by atoms with van der Waals surface area (Å²) in [6.07, 6.45) is 0. The van der Waals surface area contributed by atoms with Crippen LogP contribution in [0.4, 0.5) is 0 Å². The number of carboxylic acid groups (broad SMARTS) is 1. The molecule has 0 atom stereocenters. The normalized spacial score (nSPS) is 9.61. The van der Waals surface area contributed by atoms with Crippen molar-refractivity contribution in [1.82, 2.24) is 5.32 Å². The standard InChI is InChI=1S/C12H15NO5/c1-2-17-9-3-5-10(6-4-9)18-8-11(14)13-7-12(15)16/h3-6H,2,7-8H2,1H3,(H,13,14)(H,15,16). The zero-order valence-corrected chi connectivity index (χ0v) is 10.0. The van der Waals surface area contributed by atoms with E-state index >= 15 is 0 Å². The number of nitrogens with one attached hydrogen (secondary N) is 1. The van der Waals surface area contributed by atoms with Gasteiger partial charge in [0, 0.05) is 0 Å². The largest absolute Gasteiger partial charge is 0.494 e. The predicted octanol–water partition coefficient (Wildman–Crippen LogP) is 0.665. The summed E-state index contributed by atoms with van der Waals surface area (Å²) in [7, 11) is 0. The molecule has 1 amide bonds. The minimum absolute atomic E-state index is 0.221. The number of hydrogen-bond donors (Lipinski definition) is 2. The van der Waals surface area contributed by atoms with E-state index in [1.807, 2.05) is 6.92 Å². The van der Waals surface area contributed by atoms with Crippen LogP contribution in [0.15, 0.2) is 24.3 Å². The summed E-state index contributed by atoms with van der Waals surface area (Å²) in [5, 5.41) is 10.6. The van der Waals surface area contributed by atoms with E-state index in [4.69, 9.17) is 14.6 Å². The minimum atomic E-state index is -1.09. The summed E-state index contributed by atoms with van der Waals surface area (Å²) in [5.74, 6) is -0.334. The highest BCUT2D eigenvalue weighted by molar-refractivity contribution is 5.82. The number of hydrogen-bond acceptors (Lipinski definition) is 4. The first-order valence-electron chi connectivity index (χ1n) is 5.46. The molecule has 1 aromatic carbocycles. The Bertz CT molecular complexity index is 401. The second-order valence-electron chi connectivity index (χ2n) is 3.36. The van der Waals surface area contributed by atoms with Crippen molar-refractivity contribution in [3.05, 3.63) is 24.3 Å². The van der Waals surface area contributed by atoms with Crippen LogP contribution in [0.3, 0.4) is 0 Å². The maximum atomic E-state index is 11.2. The van der Waals surface area contributed by atoms with Gasteiger partial charge in [0.2, 0.25) is 0 Å². The van der Waals surface area contributed by atoms with Crippen molar-refractivity contribution in [3.8, 4) is 11.5 Å². The molecule has 0 aromatic heterocycles. The highest BCUT2D eigenvalue weighted by atomic mass is 16.5. The molecule has 0 spiro atoms. The second-order valence-corrected chi connectivity index (χ2v) is 3.36. The van der Waals surface area contributed by atoms with Gasteiger partial charge in [-0.1, -0.05) is 0 Å². The van der Waals surface area contributed by atoms with Gasteiger partial charge in [-0.05, 0) is 31.2 Å². The topological polar surface area (TPSA) is 84.9 Å². The summed E-state index contributed by atoms with van der Waals surface area (Å²) < 4.78 is 10.4. The lowest BCUT2D eigenvalue weighted by atomic mass is 10.3. The van der Waals surface area contributed by atoms with E-state index in [1.54, 1.807) is 24.3 Å². The van der Waals surface area contributed by atoms with Crippen LogP contribution in [0.5, 0.6) is 11.5 Å². The molecule has 2 N–H and O–H groups in total. The maximum Gasteiger partial charge on any atom is 0.322 e. The van der Waals surface area contributed by atoms with E-state index in [-0.39, 0.29) is 6.61 Å². The number of rotatable bonds is 7. The molecule has 0 aliphatic heterocycles. The van der Waals surface area contributed by atoms with Crippen LogP contribution in [0.2, 0.25) is 0 Å². The summed E-state index contributed by atoms with van der Waals surface area (Å²) in [5.41, 5.74) is 0. The molecule has 1 rings (SSSR count). The highest BCUT2D eigenvalue weighted by Gasteiger charge is 2.04. The molecule has 0 bridgehead atoms. The quantitative estimate of drug-likeness (QED) is 0.745. The van der Waals surface area contributed by atoms with Crippen molar-refractivity contribution < 1.29 is 24.2 Å². The number of benzene rings is 1. The molecule has 1 aromatic rings. The van der Waals surface area contributed by atoms with Crippen molar-refractivity contribution in [2.45, 2.75) is 6.92 Å². The summed E-state index contributed by atoms with van der Waals surface area (Å²) >= 11 is 0. The lowest BCUT2D eigenvalue weighted by molar-refractivity contribution is -0.138. The number of ether oxygens (including phenoxy) is 2. The van der Waals surface area contributed by atoms with E-state index < -0.39 is 18.4 Å². The molecule has 0 aliphatic rings. The first-order chi connectivity index (χ1) is 8.61. The number of carbonyl (C=O) groups excluding carboxylic acids is 1. The van der Waals surface area contributed by atoms with Crippen LogP contribution in [0.1, 0.15) is 6.92 Å². The van der Waals surface area contributed by atoms with Gasteiger partial charge in [0.05, 0.1) is 6.61 Å². The molecule has 0 aliphatic carbocycles. The van der Waals surface area contributed by atoms with Gasteiger partial charge >= 0.3 is 5.97 Å². The Kier molecular flexibility index (Phi) is 5.50. The lowest BCUT2D eigenvalue weighted by Crippen LogP contribution is -2.33. The number of carboxylic acids is 1. The van der Waals surface area contributed by atoms with Gasteiger partial charge in [0.25, 0.3) is 5.91 Å². The minimum Gasteiger partial charge on any atom is -0.494 e. The van der Waals surface area contributed by atoms with Gasteiger partial charge in [0.15, 0.2) is 6.61 Å². The maximum absolute atomic E-state index is 11.2. The molecular weight excluding hydrogens is 238 g/mol. The van der Waals surface area contributed by atoms with E-state index in [0.29, 0.717) is 12.4 Å². The van der Waals surface area contributed by atoms with E-state index in [1.165, 1.54) is 0 Å². The Morgan fingerprint density at radius 2 is 1.72 bits per heavy atom. The van der Waals surface area contributed by atoms with Crippen LogP contribution < -0.4 is 14.8 Å². The predicted molar refractivity (Wildman–Crippen MR) is 63.8 cm³/mol. The Balaban J connectivity index is 2.34. The molecule has 0 saturated heterocycles. The Morgan fingerprint density at radius 1 is 1.17 bits per heavy atom. The molecule has 0 unspecified atom stereocenters.